The third-order valence-electron chi connectivity index (χ3n) is 14.8. The first kappa shape index (κ1) is 73.2. The highest BCUT2D eigenvalue weighted by molar-refractivity contribution is 6.01. The summed E-state index contributed by atoms with van der Waals surface area (Å²) in [6, 6.07) is 14.5. The second kappa shape index (κ2) is 37.0. The van der Waals surface area contributed by atoms with E-state index in [1.165, 1.54) is 60.5 Å². The maximum absolute atomic E-state index is 14.8. The van der Waals surface area contributed by atoms with Crippen LogP contribution in [0.3, 0.4) is 0 Å². The molecule has 8 atom stereocenters. The Bertz CT molecular complexity index is 3410. The molecule has 4 aromatic rings. The minimum absolute atomic E-state index is 0.0308. The minimum atomic E-state index is -1.88. The molecule has 502 valence electrons. The van der Waals surface area contributed by atoms with E-state index in [0.29, 0.717) is 22.4 Å². The summed E-state index contributed by atoms with van der Waals surface area (Å²) in [6.45, 7) is -0.0434. The molecular weight excluding hydrogens is 1220 g/mol. The van der Waals surface area contributed by atoms with E-state index in [9.17, 15) is 57.8 Å². The van der Waals surface area contributed by atoms with Crippen molar-refractivity contribution in [2.24, 2.45) is 55.2 Å². The Hall–Kier alpha value is -11.5. The lowest BCUT2D eigenvalue weighted by Crippen LogP contribution is -2.60. The van der Waals surface area contributed by atoms with Crippen molar-refractivity contribution < 1.29 is 62.6 Å². The van der Waals surface area contributed by atoms with Crippen molar-refractivity contribution in [3.8, 4) is 11.5 Å². The molecule has 0 radical (unpaired) electrons. The Balaban J connectivity index is 1.40. The lowest BCUT2D eigenvalue weighted by atomic mass is 10.0. The fourth-order valence-corrected chi connectivity index (χ4v) is 9.96. The highest BCUT2D eigenvalue weighted by Gasteiger charge is 2.41. The minimum Gasteiger partial charge on any atom is -0.508 e. The number of phenolic OH excluding ortho intramolecular Hbond substituents is 1. The van der Waals surface area contributed by atoms with Gasteiger partial charge < -0.3 is 92.1 Å². The van der Waals surface area contributed by atoms with Crippen LogP contribution in [0.25, 0.3) is 10.4 Å². The molecule has 33 nitrogen and oxygen atoms in total. The van der Waals surface area contributed by atoms with Crippen LogP contribution in [-0.4, -0.2) is 162 Å². The van der Waals surface area contributed by atoms with Crippen molar-refractivity contribution in [2.45, 2.75) is 125 Å². The zero-order valence-electron chi connectivity index (χ0n) is 51.6. The SMILES string of the molecule is COc1ccc(C[C@@H](NC(=O)c2ccc(N=[N+]=[N-])cc2)C(=O)N[C@@H](Cc2ccccc2)C(=O)N[C@@H](CCC(N)=O)C(=O)N[C@@H](CC(N)=O)C(=O)N[C@@H](CCCN=C(N)N)C(=O)N2CCC[C@H]2C(=O)N[C@@H](CCCN=C(N)N)C(=O)N[C@@H](Cc2ccc(O)cc2)C(N)=O)cc1. The molecule has 0 unspecified atom stereocenters. The van der Waals surface area contributed by atoms with E-state index in [-0.39, 0.29) is 106 Å². The van der Waals surface area contributed by atoms with Crippen LogP contribution in [0.15, 0.2) is 118 Å². The number of benzene rings is 4. The molecule has 4 aromatic carbocycles. The van der Waals surface area contributed by atoms with Gasteiger partial charge in [-0.15, -0.1) is 0 Å². The summed E-state index contributed by atoms with van der Waals surface area (Å²) in [5, 5.41) is 31.4. The van der Waals surface area contributed by atoms with Gasteiger partial charge in [0.15, 0.2) is 11.9 Å². The van der Waals surface area contributed by atoms with Gasteiger partial charge in [-0.25, -0.2) is 0 Å². The molecule has 1 aliphatic heterocycles. The molecule has 33 heteroatoms. The Kier molecular flexibility index (Phi) is 28.8. The lowest BCUT2D eigenvalue weighted by Gasteiger charge is -2.31. The first-order valence-corrected chi connectivity index (χ1v) is 29.8. The summed E-state index contributed by atoms with van der Waals surface area (Å²) in [5.41, 5.74) is 49.8. The number of primary amides is 3. The number of aromatic hydroxyl groups is 1. The first-order valence-electron chi connectivity index (χ1n) is 29.8. The van der Waals surface area contributed by atoms with Crippen LogP contribution in [0, 0.1) is 0 Å². The molecule has 1 heterocycles. The fourth-order valence-electron chi connectivity index (χ4n) is 9.96. The van der Waals surface area contributed by atoms with E-state index in [4.69, 9.17) is 50.4 Å². The van der Waals surface area contributed by atoms with Gasteiger partial charge in [-0.1, -0.05) is 71.8 Å². The average Bonchev–Trinajstić information content (AvgIpc) is 1.61. The van der Waals surface area contributed by atoms with E-state index in [1.807, 2.05) is 0 Å². The fraction of sp³-hybridized carbons (Fsp3) is 0.393. The van der Waals surface area contributed by atoms with Crippen LogP contribution in [0.5, 0.6) is 11.5 Å². The number of ether oxygens (including phenoxy) is 1. The number of amides is 11. The molecule has 0 saturated carbocycles. The van der Waals surface area contributed by atoms with Gasteiger partial charge in [-0.2, -0.15) is 0 Å². The summed E-state index contributed by atoms with van der Waals surface area (Å²) in [7, 11) is 1.47. The molecule has 5 rings (SSSR count). The second-order valence-corrected chi connectivity index (χ2v) is 21.9. The number of carbonyl (C=O) groups is 11. The Morgan fingerprint density at radius 3 is 1.59 bits per heavy atom. The van der Waals surface area contributed by atoms with Crippen molar-refractivity contribution in [1.82, 2.24) is 42.1 Å². The van der Waals surface area contributed by atoms with Crippen molar-refractivity contribution in [3.05, 3.63) is 136 Å². The Morgan fingerprint density at radius 1 is 0.564 bits per heavy atom. The molecule has 0 bridgehead atoms. The Morgan fingerprint density at radius 2 is 1.04 bits per heavy atom. The third-order valence-corrected chi connectivity index (χ3v) is 14.8. The number of phenols is 1. The Labute approximate surface area is 540 Å². The number of nitrogens with two attached hydrogens (primary N) is 7. The van der Waals surface area contributed by atoms with Crippen LogP contribution >= 0.6 is 0 Å². The largest absolute Gasteiger partial charge is 0.508 e. The van der Waals surface area contributed by atoms with Crippen LogP contribution < -0.4 is 82.1 Å². The molecule has 0 aliphatic carbocycles. The quantitative estimate of drug-likeness (QED) is 0.00569. The number of likely N-dealkylation sites (tertiary alicyclic amines) is 1. The van der Waals surface area contributed by atoms with Gasteiger partial charge in [0.1, 0.15) is 59.8 Å². The molecule has 94 heavy (non-hydrogen) atoms. The van der Waals surface area contributed by atoms with Gasteiger partial charge in [0, 0.05) is 61.5 Å². The van der Waals surface area contributed by atoms with Crippen LogP contribution in [-0.2, 0) is 67.2 Å². The maximum Gasteiger partial charge on any atom is 0.251 e. The van der Waals surface area contributed by atoms with Gasteiger partial charge in [0.05, 0.1) is 13.5 Å². The number of azide groups is 1. The number of carbonyl (C=O) groups excluding carboxylic acids is 11. The zero-order valence-corrected chi connectivity index (χ0v) is 51.6. The smallest absolute Gasteiger partial charge is 0.251 e. The highest BCUT2D eigenvalue weighted by atomic mass is 16.5. The van der Waals surface area contributed by atoms with Gasteiger partial charge >= 0.3 is 0 Å². The molecule has 0 aromatic heterocycles. The van der Waals surface area contributed by atoms with E-state index in [0.717, 1.165) is 0 Å². The van der Waals surface area contributed by atoms with Crippen LogP contribution in [0.2, 0.25) is 0 Å². The summed E-state index contributed by atoms with van der Waals surface area (Å²) in [4.78, 5) is 164. The van der Waals surface area contributed by atoms with Crippen molar-refractivity contribution in [2.75, 3.05) is 26.7 Å². The third kappa shape index (κ3) is 24.4. The van der Waals surface area contributed by atoms with Crippen molar-refractivity contribution >= 4 is 82.6 Å². The number of nitrogens with zero attached hydrogens (tertiary/aromatic N) is 6. The topological polar surface area (TPSA) is 560 Å². The summed E-state index contributed by atoms with van der Waals surface area (Å²) in [6.07, 6.45) is -2.02. The first-order chi connectivity index (χ1) is 44.8. The number of aliphatic imine (C=N–C) groups is 2. The van der Waals surface area contributed by atoms with Gasteiger partial charge in [0.2, 0.25) is 59.1 Å². The molecule has 1 fully saturated rings. The zero-order chi connectivity index (χ0) is 68.9. The van der Waals surface area contributed by atoms with Crippen molar-refractivity contribution in [1.29, 1.82) is 0 Å². The molecule has 1 aliphatic rings. The molecule has 1 saturated heterocycles. The second-order valence-electron chi connectivity index (χ2n) is 21.9. The summed E-state index contributed by atoms with van der Waals surface area (Å²) < 4.78 is 5.28. The molecule has 11 amide bonds. The standard InChI is InChI=1S/C61H80N20O13/c1-94-40-23-15-36(16-24-40)32-45(76-52(86)37-17-19-38(20-18-37)79-80-69)56(90)77-46(31-34-8-3-2-4-9-34)55(89)72-42(25-26-49(62)83)54(88)78-47(33-50(63)84)57(91)74-43(11-6-28-71-61(67)68)59(93)81-29-7-12-48(81)58(92)73-41(10-5-27-70-60(65)66)53(87)75-44(51(64)85)30-35-13-21-39(82)22-14-35/h2-4,8-9,13-24,41-48,82H,5-7,10-12,25-33H2,1H3,(H2,62,83)(H2,63,84)(H2,64,85)(H,72,89)(H,73,92)(H,74,91)(H,75,87)(H,76,86)(H,77,90)(H,78,88)(H4,65,66,70)(H4,67,68,71)/t41-,42-,43-,44-,45+,46-,47-,48-/m0/s1. The number of rotatable bonds is 37. The molecular formula is C61H80N20O13. The van der Waals surface area contributed by atoms with Gasteiger partial charge in [0.25, 0.3) is 5.91 Å². The summed E-state index contributed by atoms with van der Waals surface area (Å²) in [5.74, 6) is -10.3. The van der Waals surface area contributed by atoms with E-state index >= 15 is 0 Å². The van der Waals surface area contributed by atoms with E-state index < -0.39 is 133 Å². The van der Waals surface area contributed by atoms with Crippen molar-refractivity contribution in [3.63, 3.8) is 0 Å². The summed E-state index contributed by atoms with van der Waals surface area (Å²) >= 11 is 0. The van der Waals surface area contributed by atoms with E-state index in [2.05, 4.69) is 57.2 Å². The average molecular weight is 1300 g/mol. The monoisotopic (exact) mass is 1300 g/mol. The number of methoxy groups -OCH3 is 1. The molecule has 22 N–H and O–H groups in total. The predicted molar refractivity (Wildman–Crippen MR) is 343 cm³/mol. The van der Waals surface area contributed by atoms with Gasteiger partial charge in [-0.05, 0) is 104 Å². The lowest BCUT2D eigenvalue weighted by molar-refractivity contribution is -0.143. The number of hydrogen-bond acceptors (Lipinski definition) is 16. The molecule has 0 spiro atoms. The predicted octanol–water partition coefficient (Wildman–Crippen LogP) is -2.20. The normalized spacial score (nSPS) is 14.6. The number of nitrogens with one attached hydrogen (secondary N) is 7. The van der Waals surface area contributed by atoms with Crippen LogP contribution in [0.1, 0.15) is 84.8 Å². The highest BCUT2D eigenvalue weighted by Crippen LogP contribution is 2.22. The number of hydrogen-bond donors (Lipinski definition) is 15. The van der Waals surface area contributed by atoms with Crippen LogP contribution in [0.4, 0.5) is 5.69 Å². The van der Waals surface area contributed by atoms with Gasteiger partial charge in [-0.3, -0.25) is 62.7 Å². The van der Waals surface area contributed by atoms with E-state index in [1.54, 1.807) is 54.6 Å². The maximum atomic E-state index is 14.8. The number of guanidine groups is 2.